The number of phosphoric ester groups is 1. The van der Waals surface area contributed by atoms with Gasteiger partial charge in [0.05, 0.1) is 34.4 Å². The van der Waals surface area contributed by atoms with Crippen LogP contribution in [0, 0.1) is 0 Å². The van der Waals surface area contributed by atoms with Gasteiger partial charge in [0.15, 0.2) is 0 Å². The van der Waals surface area contributed by atoms with Gasteiger partial charge in [0, 0.05) is 6.08 Å². The van der Waals surface area contributed by atoms with Crippen LogP contribution in [0.3, 0.4) is 0 Å². The molecule has 1 atom stereocenters. The Bertz CT molecular complexity index is 422. The number of ether oxygens (including phenoxy) is 1. The Balaban J connectivity index is 3.43. The predicted octanol–water partition coefficient (Wildman–Crippen LogP) is 3.29. The minimum Gasteiger partial charge on any atom is -0.463 e. The van der Waals surface area contributed by atoms with Gasteiger partial charge in [-0.15, -0.1) is 0 Å². The smallest absolute Gasteiger partial charge is 0.463 e. The van der Waals surface area contributed by atoms with Crippen molar-refractivity contribution in [3.8, 4) is 0 Å². The SMILES string of the molecule is C=CC(=O)OCCCCCCCCCOP(=O)(O)OCC[N+](C)(C)C. The summed E-state index contributed by atoms with van der Waals surface area (Å²) in [6.45, 7) is 4.85. The first kappa shape index (κ1) is 24.3. The Hall–Kier alpha value is -0.720. The lowest BCUT2D eigenvalue weighted by atomic mass is 10.1. The number of hydrogen-bond donors (Lipinski definition) is 1. The molecule has 148 valence electrons. The highest BCUT2D eigenvalue weighted by Crippen LogP contribution is 2.43. The Morgan fingerprint density at radius 1 is 0.960 bits per heavy atom. The van der Waals surface area contributed by atoms with Crippen molar-refractivity contribution in [3.63, 3.8) is 0 Å². The molecule has 0 saturated heterocycles. The van der Waals surface area contributed by atoms with Gasteiger partial charge in [-0.1, -0.05) is 38.7 Å². The zero-order chi connectivity index (χ0) is 19.2. The summed E-state index contributed by atoms with van der Waals surface area (Å²) in [5.41, 5.74) is 0. The van der Waals surface area contributed by atoms with Crippen LogP contribution in [0.2, 0.25) is 0 Å². The molecule has 0 amide bonds. The van der Waals surface area contributed by atoms with Crippen LogP contribution in [-0.4, -0.2) is 62.9 Å². The van der Waals surface area contributed by atoms with Crippen molar-refractivity contribution in [1.29, 1.82) is 0 Å². The molecular formula is C17H35NO6P+. The topological polar surface area (TPSA) is 82.1 Å². The van der Waals surface area contributed by atoms with Gasteiger partial charge in [-0.25, -0.2) is 9.36 Å². The molecular weight excluding hydrogens is 345 g/mol. The molecule has 0 aromatic carbocycles. The monoisotopic (exact) mass is 380 g/mol. The van der Waals surface area contributed by atoms with Crippen molar-refractivity contribution in [2.24, 2.45) is 0 Å². The normalized spacial score (nSPS) is 14.1. The van der Waals surface area contributed by atoms with Gasteiger partial charge in [-0.05, 0) is 12.8 Å². The molecule has 0 saturated carbocycles. The summed E-state index contributed by atoms with van der Waals surface area (Å²) in [6, 6.07) is 0. The van der Waals surface area contributed by atoms with E-state index in [9.17, 15) is 14.3 Å². The largest absolute Gasteiger partial charge is 0.472 e. The van der Waals surface area contributed by atoms with Crippen molar-refractivity contribution in [3.05, 3.63) is 12.7 Å². The van der Waals surface area contributed by atoms with E-state index >= 15 is 0 Å². The number of nitrogens with zero attached hydrogens (tertiary/aromatic N) is 1. The van der Waals surface area contributed by atoms with Crippen molar-refractivity contribution in [1.82, 2.24) is 0 Å². The fourth-order valence-corrected chi connectivity index (χ4v) is 2.71. The second-order valence-corrected chi connectivity index (χ2v) is 8.45. The molecule has 0 bridgehead atoms. The van der Waals surface area contributed by atoms with E-state index in [1.54, 1.807) is 0 Å². The highest BCUT2D eigenvalue weighted by molar-refractivity contribution is 7.47. The van der Waals surface area contributed by atoms with E-state index in [4.69, 9.17) is 13.8 Å². The summed E-state index contributed by atoms with van der Waals surface area (Å²) in [4.78, 5) is 20.4. The molecule has 0 radical (unpaired) electrons. The zero-order valence-electron chi connectivity index (χ0n) is 15.9. The van der Waals surface area contributed by atoms with Crippen molar-refractivity contribution >= 4 is 13.8 Å². The van der Waals surface area contributed by atoms with Crippen LogP contribution in [0.15, 0.2) is 12.7 Å². The van der Waals surface area contributed by atoms with Gasteiger partial charge in [0.2, 0.25) is 0 Å². The summed E-state index contributed by atoms with van der Waals surface area (Å²) >= 11 is 0. The first-order chi connectivity index (χ1) is 11.7. The number of likely N-dealkylation sites (N-methyl/N-ethyl adjacent to an activating group) is 1. The number of unbranched alkanes of at least 4 members (excludes halogenated alkanes) is 6. The van der Waals surface area contributed by atoms with E-state index in [0.29, 0.717) is 17.6 Å². The van der Waals surface area contributed by atoms with E-state index in [-0.39, 0.29) is 19.2 Å². The van der Waals surface area contributed by atoms with Crippen LogP contribution in [0.25, 0.3) is 0 Å². The second-order valence-electron chi connectivity index (χ2n) is 7.00. The Morgan fingerprint density at radius 2 is 1.44 bits per heavy atom. The lowest BCUT2D eigenvalue weighted by molar-refractivity contribution is -0.870. The highest BCUT2D eigenvalue weighted by Gasteiger charge is 2.21. The van der Waals surface area contributed by atoms with Gasteiger partial charge in [-0.2, -0.15) is 0 Å². The maximum absolute atomic E-state index is 11.7. The van der Waals surface area contributed by atoms with Crippen LogP contribution in [0.1, 0.15) is 44.9 Å². The van der Waals surface area contributed by atoms with Gasteiger partial charge in [0.25, 0.3) is 0 Å². The Labute approximate surface area is 152 Å². The molecule has 0 aliphatic heterocycles. The van der Waals surface area contributed by atoms with Gasteiger partial charge < -0.3 is 14.1 Å². The number of rotatable bonds is 16. The lowest BCUT2D eigenvalue weighted by Crippen LogP contribution is -2.37. The maximum Gasteiger partial charge on any atom is 0.472 e. The quantitative estimate of drug-likeness (QED) is 0.145. The number of esters is 1. The minimum absolute atomic E-state index is 0.194. The van der Waals surface area contributed by atoms with Crippen LogP contribution in [-0.2, 0) is 23.1 Å². The van der Waals surface area contributed by atoms with E-state index in [1.807, 2.05) is 21.1 Å². The average Bonchev–Trinajstić information content (AvgIpc) is 2.50. The van der Waals surface area contributed by atoms with Crippen molar-refractivity contribution in [2.45, 2.75) is 44.9 Å². The van der Waals surface area contributed by atoms with Crippen LogP contribution < -0.4 is 0 Å². The molecule has 1 N–H and O–H groups in total. The molecule has 0 aliphatic carbocycles. The summed E-state index contributed by atoms with van der Waals surface area (Å²) in [5, 5.41) is 0. The number of carbonyl (C=O) groups is 1. The summed E-state index contributed by atoms with van der Waals surface area (Å²) in [5.74, 6) is -0.373. The molecule has 0 fully saturated rings. The summed E-state index contributed by atoms with van der Waals surface area (Å²) in [7, 11) is 2.04. The first-order valence-electron chi connectivity index (χ1n) is 8.88. The number of phosphoric acid groups is 1. The summed E-state index contributed by atoms with van der Waals surface area (Å²) < 4.78 is 27.1. The van der Waals surface area contributed by atoms with Crippen LogP contribution in [0.4, 0.5) is 0 Å². The Kier molecular flexibility index (Phi) is 13.1. The molecule has 0 aromatic rings. The maximum atomic E-state index is 11.7. The molecule has 8 heteroatoms. The van der Waals surface area contributed by atoms with Crippen LogP contribution in [0.5, 0.6) is 0 Å². The average molecular weight is 380 g/mol. The number of carbonyl (C=O) groups excluding carboxylic acids is 1. The number of quaternary nitrogens is 1. The van der Waals surface area contributed by atoms with Crippen LogP contribution >= 0.6 is 7.82 Å². The second kappa shape index (κ2) is 13.5. The predicted molar refractivity (Wildman–Crippen MR) is 98.1 cm³/mol. The molecule has 0 rings (SSSR count). The van der Waals surface area contributed by atoms with E-state index < -0.39 is 7.82 Å². The van der Waals surface area contributed by atoms with Gasteiger partial charge in [0.1, 0.15) is 13.2 Å². The lowest BCUT2D eigenvalue weighted by Gasteiger charge is -2.24. The highest BCUT2D eigenvalue weighted by atomic mass is 31.2. The first-order valence-corrected chi connectivity index (χ1v) is 10.4. The van der Waals surface area contributed by atoms with Gasteiger partial charge in [-0.3, -0.25) is 9.05 Å². The Morgan fingerprint density at radius 3 is 1.96 bits per heavy atom. The third-order valence-corrected chi connectivity index (χ3v) is 4.49. The zero-order valence-corrected chi connectivity index (χ0v) is 16.8. The molecule has 7 nitrogen and oxygen atoms in total. The van der Waals surface area contributed by atoms with Crippen molar-refractivity contribution in [2.75, 3.05) is 47.5 Å². The molecule has 25 heavy (non-hydrogen) atoms. The molecule has 0 aromatic heterocycles. The molecule has 0 heterocycles. The molecule has 1 unspecified atom stereocenters. The standard InChI is InChI=1S/C17H34NO6P/c1-5-17(19)22-14-11-9-7-6-8-10-12-15-23-25(20,21)24-16-13-18(2,3)4/h5H,1,6-16H2,2-4H3/p+1. The third kappa shape index (κ3) is 17.9. The molecule has 0 spiro atoms. The fraction of sp³-hybridized carbons (Fsp3) is 0.824. The summed E-state index contributed by atoms with van der Waals surface area (Å²) in [6.07, 6.45) is 7.96. The number of hydrogen-bond acceptors (Lipinski definition) is 5. The van der Waals surface area contributed by atoms with E-state index in [0.717, 1.165) is 44.9 Å². The van der Waals surface area contributed by atoms with Crippen molar-refractivity contribution < 1.29 is 32.5 Å². The van der Waals surface area contributed by atoms with E-state index in [1.165, 1.54) is 6.08 Å². The van der Waals surface area contributed by atoms with Gasteiger partial charge >= 0.3 is 13.8 Å². The minimum atomic E-state index is -3.92. The fourth-order valence-electron chi connectivity index (χ4n) is 1.97. The third-order valence-electron chi connectivity index (χ3n) is 3.47. The van der Waals surface area contributed by atoms with E-state index in [2.05, 4.69) is 6.58 Å². The molecule has 0 aliphatic rings.